The van der Waals surface area contributed by atoms with Crippen molar-refractivity contribution in [1.29, 1.82) is 0 Å². The first-order valence-corrected chi connectivity index (χ1v) is 17.8. The van der Waals surface area contributed by atoms with Crippen molar-refractivity contribution in [3.63, 3.8) is 0 Å². The van der Waals surface area contributed by atoms with E-state index in [2.05, 4.69) is 31.1 Å². The number of fused-ring (bicyclic) bond motifs is 2. The third-order valence-electron chi connectivity index (χ3n) is 9.74. The summed E-state index contributed by atoms with van der Waals surface area (Å²) in [5.74, 6) is -0.650. The SMILES string of the molecule is CNc1cc(-c2cnn(-c3cccc(C(=O)NCCCCc4cccc5c4n(C)c(=O)n5C(C)CCC=O)c3)c2)nn2c(C(=O)NC3CC3F)cnc12. The molecule has 14 nitrogen and oxygen atoms in total. The van der Waals surface area contributed by atoms with Crippen LogP contribution in [0, 0.1) is 0 Å². The number of nitrogens with zero attached hydrogens (tertiary/aromatic N) is 7. The number of carbonyl (C=O) groups excluding carboxylic acids is 3. The lowest BCUT2D eigenvalue weighted by atomic mass is 10.1. The van der Waals surface area contributed by atoms with Gasteiger partial charge < -0.3 is 20.7 Å². The van der Waals surface area contributed by atoms with Crippen LogP contribution >= 0.6 is 0 Å². The number of imidazole rings is 2. The van der Waals surface area contributed by atoms with Crippen molar-refractivity contribution >= 4 is 40.5 Å². The molecule has 1 aliphatic carbocycles. The average molecular weight is 721 g/mol. The van der Waals surface area contributed by atoms with Gasteiger partial charge in [0.2, 0.25) is 0 Å². The van der Waals surface area contributed by atoms with Crippen molar-refractivity contribution < 1.29 is 18.8 Å². The zero-order chi connectivity index (χ0) is 37.2. The number of alkyl halides is 1. The summed E-state index contributed by atoms with van der Waals surface area (Å²) in [5, 5.41) is 18.0. The van der Waals surface area contributed by atoms with Crippen LogP contribution in [0.3, 0.4) is 0 Å². The minimum atomic E-state index is -1.03. The number of benzene rings is 2. The van der Waals surface area contributed by atoms with Gasteiger partial charge >= 0.3 is 5.69 Å². The molecule has 0 radical (unpaired) electrons. The highest BCUT2D eigenvalue weighted by atomic mass is 19.1. The third kappa shape index (κ3) is 7.06. The van der Waals surface area contributed by atoms with Gasteiger partial charge in [0.15, 0.2) is 11.3 Å². The summed E-state index contributed by atoms with van der Waals surface area (Å²) in [4.78, 5) is 54.3. The van der Waals surface area contributed by atoms with Crippen molar-refractivity contribution in [2.45, 2.75) is 63.7 Å². The Morgan fingerprint density at radius 3 is 2.68 bits per heavy atom. The van der Waals surface area contributed by atoms with Gasteiger partial charge in [0.1, 0.15) is 12.5 Å². The van der Waals surface area contributed by atoms with Crippen LogP contribution in [0.2, 0.25) is 0 Å². The number of anilines is 1. The molecule has 3 atom stereocenters. The summed E-state index contributed by atoms with van der Waals surface area (Å²) in [6.07, 6.45) is 8.32. The van der Waals surface area contributed by atoms with Gasteiger partial charge in [-0.05, 0) is 68.5 Å². The Morgan fingerprint density at radius 1 is 1.09 bits per heavy atom. The predicted molar refractivity (Wildman–Crippen MR) is 198 cm³/mol. The number of unbranched alkanes of at least 4 members (excludes halogenated alkanes) is 1. The second kappa shape index (κ2) is 14.9. The number of para-hydroxylation sites is 1. The predicted octanol–water partition coefficient (Wildman–Crippen LogP) is 4.41. The first kappa shape index (κ1) is 35.3. The number of hydrogen-bond acceptors (Lipinski definition) is 8. The maximum atomic E-state index is 13.4. The Labute approximate surface area is 304 Å². The van der Waals surface area contributed by atoms with Crippen molar-refractivity contribution in [3.8, 4) is 16.9 Å². The number of aryl methyl sites for hydroxylation is 2. The normalized spacial score (nSPS) is 15.8. The number of nitrogens with one attached hydrogen (secondary N) is 3. The lowest BCUT2D eigenvalue weighted by Crippen LogP contribution is -2.28. The maximum absolute atomic E-state index is 13.4. The summed E-state index contributed by atoms with van der Waals surface area (Å²) < 4.78 is 20.0. The minimum absolute atomic E-state index is 0.0905. The van der Waals surface area contributed by atoms with E-state index in [4.69, 9.17) is 0 Å². The van der Waals surface area contributed by atoms with Crippen molar-refractivity contribution in [1.82, 2.24) is 44.1 Å². The molecule has 53 heavy (non-hydrogen) atoms. The molecule has 3 N–H and O–H groups in total. The van der Waals surface area contributed by atoms with Crippen LogP contribution in [0.25, 0.3) is 33.6 Å². The molecule has 3 unspecified atom stereocenters. The summed E-state index contributed by atoms with van der Waals surface area (Å²) in [5.41, 5.74) is 6.41. The van der Waals surface area contributed by atoms with E-state index < -0.39 is 18.1 Å². The monoisotopic (exact) mass is 720 g/mol. The molecular formula is C38H41FN10O4. The fourth-order valence-electron chi connectivity index (χ4n) is 6.72. The number of amides is 2. The summed E-state index contributed by atoms with van der Waals surface area (Å²) in [6, 6.07) is 14.3. The van der Waals surface area contributed by atoms with Gasteiger partial charge in [-0.25, -0.2) is 23.4 Å². The third-order valence-corrected chi connectivity index (χ3v) is 9.74. The maximum Gasteiger partial charge on any atom is 0.329 e. The standard InChI is InChI=1S/C38H41FN10O4/c1-23(9-8-16-50)48-32-14-7-11-24(34(32)46(3)38(48)53)10-4-5-15-41-36(51)25-12-6-13-27(17-25)47-22-26(20-43-47)29-19-31(40-2)35-42-21-33(49(35)45-29)37(52)44-30-18-28(30)39/h6-7,11-14,16-17,19-23,28,30,40H,4-5,8-10,15,18H2,1-3H3,(H,41,51)(H,44,52). The van der Waals surface area contributed by atoms with Crippen LogP contribution in [0.5, 0.6) is 0 Å². The van der Waals surface area contributed by atoms with Crippen LogP contribution in [-0.2, 0) is 18.3 Å². The fourth-order valence-corrected chi connectivity index (χ4v) is 6.72. The van der Waals surface area contributed by atoms with Crippen LogP contribution in [0.15, 0.2) is 71.9 Å². The second-order valence-corrected chi connectivity index (χ2v) is 13.4. The Morgan fingerprint density at radius 2 is 1.91 bits per heavy atom. The lowest BCUT2D eigenvalue weighted by Gasteiger charge is -2.12. The first-order valence-electron chi connectivity index (χ1n) is 17.8. The molecule has 4 aromatic heterocycles. The van der Waals surface area contributed by atoms with E-state index >= 15 is 0 Å². The zero-order valence-corrected chi connectivity index (χ0v) is 29.8. The highest BCUT2D eigenvalue weighted by Gasteiger charge is 2.39. The minimum Gasteiger partial charge on any atom is -0.385 e. The van der Waals surface area contributed by atoms with E-state index in [9.17, 15) is 23.6 Å². The summed E-state index contributed by atoms with van der Waals surface area (Å²) >= 11 is 0. The van der Waals surface area contributed by atoms with Crippen molar-refractivity contribution in [3.05, 3.63) is 94.4 Å². The Hall–Kier alpha value is -6.12. The molecule has 7 rings (SSSR count). The molecule has 2 aromatic carbocycles. The van der Waals surface area contributed by atoms with Gasteiger partial charge in [-0.15, -0.1) is 0 Å². The molecule has 1 saturated carbocycles. The average Bonchev–Trinajstić information content (AvgIpc) is 3.51. The molecule has 4 heterocycles. The Kier molecular flexibility index (Phi) is 9.89. The molecule has 0 bridgehead atoms. The fraction of sp³-hybridized carbons (Fsp3) is 0.342. The summed E-state index contributed by atoms with van der Waals surface area (Å²) in [7, 11) is 3.53. The Balaban J connectivity index is 0.989. The topological polar surface area (TPSA) is 162 Å². The van der Waals surface area contributed by atoms with Crippen LogP contribution in [0.4, 0.5) is 10.1 Å². The van der Waals surface area contributed by atoms with Crippen LogP contribution < -0.4 is 21.6 Å². The molecule has 274 valence electrons. The van der Waals surface area contributed by atoms with E-state index in [1.807, 2.05) is 37.3 Å². The van der Waals surface area contributed by atoms with Crippen molar-refractivity contribution in [2.75, 3.05) is 18.9 Å². The highest BCUT2D eigenvalue weighted by molar-refractivity contribution is 5.95. The molecule has 15 heteroatoms. The van der Waals surface area contributed by atoms with Gasteiger partial charge in [0.25, 0.3) is 11.8 Å². The smallest absolute Gasteiger partial charge is 0.329 e. The first-order chi connectivity index (χ1) is 25.7. The quantitative estimate of drug-likeness (QED) is 0.104. The van der Waals surface area contributed by atoms with E-state index in [0.717, 1.165) is 42.1 Å². The molecule has 0 spiro atoms. The van der Waals surface area contributed by atoms with Gasteiger partial charge in [-0.2, -0.15) is 10.2 Å². The number of aldehydes is 1. The van der Waals surface area contributed by atoms with Gasteiger partial charge in [0.05, 0.1) is 46.5 Å². The highest BCUT2D eigenvalue weighted by Crippen LogP contribution is 2.28. The number of carbonyl (C=O) groups is 3. The Bertz CT molecular complexity index is 2390. The van der Waals surface area contributed by atoms with E-state index in [0.29, 0.717) is 59.7 Å². The number of rotatable bonds is 15. The molecule has 1 fully saturated rings. The largest absolute Gasteiger partial charge is 0.385 e. The molecule has 6 aromatic rings. The number of aromatic nitrogens is 7. The number of hydrogen-bond donors (Lipinski definition) is 3. The van der Waals surface area contributed by atoms with Gasteiger partial charge in [-0.1, -0.05) is 18.2 Å². The van der Waals surface area contributed by atoms with Gasteiger partial charge in [-0.3, -0.25) is 18.7 Å². The molecule has 0 aliphatic heterocycles. The molecule has 1 aliphatic rings. The zero-order valence-electron chi connectivity index (χ0n) is 29.8. The van der Waals surface area contributed by atoms with Crippen LogP contribution in [-0.4, -0.2) is 77.4 Å². The van der Waals surface area contributed by atoms with Crippen LogP contribution in [0.1, 0.15) is 71.5 Å². The second-order valence-electron chi connectivity index (χ2n) is 13.4. The lowest BCUT2D eigenvalue weighted by molar-refractivity contribution is -0.108. The van der Waals surface area contributed by atoms with E-state index in [1.165, 1.54) is 10.7 Å². The van der Waals surface area contributed by atoms with Crippen molar-refractivity contribution in [2.24, 2.45) is 7.05 Å². The number of halogens is 1. The summed E-state index contributed by atoms with van der Waals surface area (Å²) in [6.45, 7) is 2.45. The van der Waals surface area contributed by atoms with E-state index in [-0.39, 0.29) is 23.3 Å². The molecule has 0 saturated heterocycles. The molecular weight excluding hydrogens is 679 g/mol. The van der Waals surface area contributed by atoms with Gasteiger partial charge in [0, 0.05) is 56.8 Å². The van der Waals surface area contributed by atoms with E-state index in [1.54, 1.807) is 58.5 Å². The molecule has 2 amide bonds.